The molecule has 8 heteroatoms. The Morgan fingerprint density at radius 2 is 1.79 bits per heavy atom. The van der Waals surface area contributed by atoms with E-state index >= 15 is 0 Å². The van der Waals surface area contributed by atoms with Gasteiger partial charge in [-0.15, -0.1) is 0 Å². The fourth-order valence-corrected chi connectivity index (χ4v) is 3.72. The van der Waals surface area contributed by atoms with Gasteiger partial charge in [-0.2, -0.15) is 0 Å². The van der Waals surface area contributed by atoms with Crippen LogP contribution in [0.5, 0.6) is 11.5 Å². The van der Waals surface area contributed by atoms with Gasteiger partial charge < -0.3 is 14.8 Å². The van der Waals surface area contributed by atoms with E-state index in [1.54, 1.807) is 24.3 Å². The van der Waals surface area contributed by atoms with E-state index in [2.05, 4.69) is 5.32 Å². The average molecular weight is 421 g/mol. The van der Waals surface area contributed by atoms with Crippen LogP contribution in [0.1, 0.15) is 19.8 Å². The Hall–Kier alpha value is -2.74. The summed E-state index contributed by atoms with van der Waals surface area (Å²) in [5.74, 6) is 1.17. The van der Waals surface area contributed by atoms with E-state index in [1.807, 2.05) is 37.3 Å². The van der Waals surface area contributed by atoms with Gasteiger partial charge >= 0.3 is 0 Å². The maximum Gasteiger partial charge on any atom is 0.232 e. The maximum absolute atomic E-state index is 12.2. The second-order valence-corrected chi connectivity index (χ2v) is 8.64. The summed E-state index contributed by atoms with van der Waals surface area (Å²) in [7, 11) is -1.95. The standard InChI is InChI=1S/C21H28N2O5S/c1-17(16-28-19-10-5-4-6-11-19)22-21(24)13-8-14-23(29(3,25)26)18-9-7-12-20(15-18)27-2/h4-7,9-12,15,17H,8,13-14,16H2,1-3H3,(H,22,24)/t17-/m1/s1. The van der Waals surface area contributed by atoms with Crippen LogP contribution in [0.25, 0.3) is 0 Å². The largest absolute Gasteiger partial charge is 0.497 e. The predicted molar refractivity (Wildman–Crippen MR) is 114 cm³/mol. The first-order chi connectivity index (χ1) is 13.8. The van der Waals surface area contributed by atoms with Crippen molar-refractivity contribution < 1.29 is 22.7 Å². The normalized spacial score (nSPS) is 12.1. The molecule has 7 nitrogen and oxygen atoms in total. The van der Waals surface area contributed by atoms with Crippen molar-refractivity contribution in [3.05, 3.63) is 54.6 Å². The number of rotatable bonds is 11. The van der Waals surface area contributed by atoms with Gasteiger partial charge in [-0.1, -0.05) is 24.3 Å². The molecule has 1 amide bonds. The second kappa shape index (κ2) is 10.7. The zero-order chi connectivity index (χ0) is 21.3. The number of benzene rings is 2. The lowest BCUT2D eigenvalue weighted by Gasteiger charge is -2.23. The number of carbonyl (C=O) groups excluding carboxylic acids is 1. The number of nitrogens with one attached hydrogen (secondary N) is 1. The number of methoxy groups -OCH3 is 1. The number of anilines is 1. The minimum absolute atomic E-state index is 0.145. The van der Waals surface area contributed by atoms with E-state index in [0.717, 1.165) is 12.0 Å². The lowest BCUT2D eigenvalue weighted by molar-refractivity contribution is -0.121. The fourth-order valence-electron chi connectivity index (χ4n) is 2.76. The van der Waals surface area contributed by atoms with Crippen LogP contribution in [0.4, 0.5) is 5.69 Å². The molecule has 1 atom stereocenters. The summed E-state index contributed by atoms with van der Waals surface area (Å²) < 4.78 is 36.4. The molecule has 0 aliphatic rings. The molecule has 0 saturated carbocycles. The maximum atomic E-state index is 12.2. The molecular formula is C21H28N2O5S. The highest BCUT2D eigenvalue weighted by atomic mass is 32.2. The third-order valence-corrected chi connectivity index (χ3v) is 5.35. The zero-order valence-corrected chi connectivity index (χ0v) is 17.8. The molecule has 0 heterocycles. The topological polar surface area (TPSA) is 84.9 Å². The number of sulfonamides is 1. The van der Waals surface area contributed by atoms with Gasteiger partial charge in [0.1, 0.15) is 18.1 Å². The molecule has 0 aromatic heterocycles. The second-order valence-electron chi connectivity index (χ2n) is 6.73. The van der Waals surface area contributed by atoms with Crippen LogP contribution in [-0.4, -0.2) is 46.9 Å². The van der Waals surface area contributed by atoms with Crippen molar-refractivity contribution in [3.63, 3.8) is 0 Å². The van der Waals surface area contributed by atoms with Crippen molar-refractivity contribution >= 4 is 21.6 Å². The van der Waals surface area contributed by atoms with Gasteiger partial charge in [0, 0.05) is 19.0 Å². The van der Waals surface area contributed by atoms with E-state index in [1.165, 1.54) is 11.4 Å². The molecule has 0 saturated heterocycles. The Balaban J connectivity index is 1.83. The monoisotopic (exact) mass is 420 g/mol. The smallest absolute Gasteiger partial charge is 0.232 e. The van der Waals surface area contributed by atoms with Crippen LogP contribution < -0.4 is 19.1 Å². The van der Waals surface area contributed by atoms with E-state index in [9.17, 15) is 13.2 Å². The van der Waals surface area contributed by atoms with Crippen molar-refractivity contribution in [2.24, 2.45) is 0 Å². The SMILES string of the molecule is COc1cccc(N(CCCC(=O)N[C@H](C)COc2ccccc2)S(C)(=O)=O)c1. The fraction of sp³-hybridized carbons (Fsp3) is 0.381. The minimum Gasteiger partial charge on any atom is -0.497 e. The molecule has 1 N–H and O–H groups in total. The summed E-state index contributed by atoms with van der Waals surface area (Å²) in [6, 6.07) is 16.1. The Bertz CT molecular complexity index is 887. The Kier molecular flexibility index (Phi) is 8.33. The molecule has 0 radical (unpaired) electrons. The van der Waals surface area contributed by atoms with Crippen LogP contribution >= 0.6 is 0 Å². The van der Waals surface area contributed by atoms with Crippen LogP contribution in [0.3, 0.4) is 0 Å². The first-order valence-electron chi connectivity index (χ1n) is 9.38. The van der Waals surface area contributed by atoms with Gasteiger partial charge in [0.05, 0.1) is 25.1 Å². The number of nitrogens with zero attached hydrogens (tertiary/aromatic N) is 1. The van der Waals surface area contributed by atoms with Crippen molar-refractivity contribution in [2.75, 3.05) is 30.8 Å². The molecule has 0 fully saturated rings. The molecule has 29 heavy (non-hydrogen) atoms. The van der Waals surface area contributed by atoms with Gasteiger partial charge in [-0.25, -0.2) is 8.42 Å². The van der Waals surface area contributed by atoms with Crippen LogP contribution in [-0.2, 0) is 14.8 Å². The van der Waals surface area contributed by atoms with Crippen molar-refractivity contribution in [1.82, 2.24) is 5.32 Å². The highest BCUT2D eigenvalue weighted by Crippen LogP contribution is 2.23. The van der Waals surface area contributed by atoms with Gasteiger partial charge in [0.15, 0.2) is 0 Å². The summed E-state index contributed by atoms with van der Waals surface area (Å²) >= 11 is 0. The Morgan fingerprint density at radius 3 is 2.45 bits per heavy atom. The van der Waals surface area contributed by atoms with Gasteiger partial charge in [0.2, 0.25) is 15.9 Å². The number of hydrogen-bond acceptors (Lipinski definition) is 5. The van der Waals surface area contributed by atoms with Gasteiger partial charge in [0.25, 0.3) is 0 Å². The quantitative estimate of drug-likeness (QED) is 0.604. The Morgan fingerprint density at radius 1 is 1.10 bits per heavy atom. The van der Waals surface area contributed by atoms with Crippen molar-refractivity contribution in [1.29, 1.82) is 0 Å². The molecular weight excluding hydrogens is 392 g/mol. The number of carbonyl (C=O) groups is 1. The van der Waals surface area contributed by atoms with E-state index in [-0.39, 0.29) is 24.9 Å². The molecule has 2 aromatic rings. The first kappa shape index (κ1) is 22.5. The minimum atomic E-state index is -3.48. The van der Waals surface area contributed by atoms with E-state index in [4.69, 9.17) is 9.47 Å². The summed E-state index contributed by atoms with van der Waals surface area (Å²) in [4.78, 5) is 12.2. The highest BCUT2D eigenvalue weighted by molar-refractivity contribution is 7.92. The molecule has 0 aliphatic carbocycles. The number of amides is 1. The van der Waals surface area contributed by atoms with Crippen LogP contribution in [0.2, 0.25) is 0 Å². The van der Waals surface area contributed by atoms with E-state index < -0.39 is 10.0 Å². The van der Waals surface area contributed by atoms with Crippen molar-refractivity contribution in [3.8, 4) is 11.5 Å². The first-order valence-corrected chi connectivity index (χ1v) is 11.2. The van der Waals surface area contributed by atoms with Crippen LogP contribution in [0, 0.1) is 0 Å². The lowest BCUT2D eigenvalue weighted by Crippen LogP contribution is -2.37. The average Bonchev–Trinajstić information content (AvgIpc) is 2.69. The predicted octanol–water partition coefficient (Wildman–Crippen LogP) is 2.83. The van der Waals surface area contributed by atoms with Gasteiger partial charge in [-0.3, -0.25) is 9.10 Å². The van der Waals surface area contributed by atoms with Crippen molar-refractivity contribution in [2.45, 2.75) is 25.8 Å². The van der Waals surface area contributed by atoms with Crippen LogP contribution in [0.15, 0.2) is 54.6 Å². The third-order valence-electron chi connectivity index (χ3n) is 4.16. The molecule has 158 valence electrons. The summed E-state index contributed by atoms with van der Waals surface area (Å²) in [6.07, 6.45) is 1.75. The summed E-state index contributed by atoms with van der Waals surface area (Å²) in [5, 5.41) is 2.87. The number of ether oxygens (including phenoxy) is 2. The Labute approximate surface area is 172 Å². The molecule has 0 aliphatic heterocycles. The zero-order valence-electron chi connectivity index (χ0n) is 17.0. The molecule has 0 unspecified atom stereocenters. The summed E-state index contributed by atoms with van der Waals surface area (Å²) in [5.41, 5.74) is 0.511. The van der Waals surface area contributed by atoms with Gasteiger partial charge in [-0.05, 0) is 37.6 Å². The third kappa shape index (κ3) is 7.65. The lowest BCUT2D eigenvalue weighted by atomic mass is 10.2. The molecule has 0 spiro atoms. The van der Waals surface area contributed by atoms with E-state index in [0.29, 0.717) is 24.5 Å². The molecule has 2 aromatic carbocycles. The number of para-hydroxylation sites is 1. The summed E-state index contributed by atoms with van der Waals surface area (Å²) in [6.45, 7) is 2.42. The molecule has 2 rings (SSSR count). The molecule has 0 bridgehead atoms. The number of hydrogen-bond donors (Lipinski definition) is 1. The highest BCUT2D eigenvalue weighted by Gasteiger charge is 2.18.